The van der Waals surface area contributed by atoms with Gasteiger partial charge in [-0.1, -0.05) is 12.1 Å². The quantitative estimate of drug-likeness (QED) is 0.116. The van der Waals surface area contributed by atoms with Crippen LogP contribution in [0.4, 0.5) is 5.69 Å². The van der Waals surface area contributed by atoms with Gasteiger partial charge in [0.05, 0.1) is 34.7 Å². The number of carboxylic acids is 2. The third kappa shape index (κ3) is 8.90. The summed E-state index contributed by atoms with van der Waals surface area (Å²) in [7, 11) is 0. The second-order valence-electron chi connectivity index (χ2n) is 7.02. The summed E-state index contributed by atoms with van der Waals surface area (Å²) in [4.78, 5) is 42.6. The van der Waals surface area contributed by atoms with Crippen molar-refractivity contribution in [1.29, 1.82) is 5.26 Å². The van der Waals surface area contributed by atoms with E-state index in [2.05, 4.69) is 11.4 Å². The molecular formula is C23H26N4O8S. The fourth-order valence-electron chi connectivity index (χ4n) is 3.16. The maximum absolute atomic E-state index is 12.8. The van der Waals surface area contributed by atoms with Gasteiger partial charge in [-0.05, 0) is 19.4 Å². The summed E-state index contributed by atoms with van der Waals surface area (Å²) >= 11 is 1.55. The van der Waals surface area contributed by atoms with Gasteiger partial charge < -0.3 is 26.0 Å². The molecule has 0 spiro atoms. The molecule has 192 valence electrons. The number of nitriles is 1. The first-order valence-electron chi connectivity index (χ1n) is 10.5. The number of aliphatic carboxylic acids is 2. The van der Waals surface area contributed by atoms with Crippen LogP contribution in [0.1, 0.15) is 25.3 Å². The number of nitrogens with zero attached hydrogens (tertiary/aromatic N) is 2. The SMILES string of the molecule is CCOC(=O)C1=C(CSCCN)NC(C)=C(C#N)C1c1cccc([N+](=O)[O-])c1.O=C(O)C=CC(=O)O. The lowest BCUT2D eigenvalue weighted by Gasteiger charge is -2.29. The number of rotatable bonds is 10. The summed E-state index contributed by atoms with van der Waals surface area (Å²) in [5, 5.41) is 39.7. The molecule has 1 aliphatic rings. The number of dihydropyridines is 1. The Morgan fingerprint density at radius 1 is 1.31 bits per heavy atom. The van der Waals surface area contributed by atoms with E-state index in [4.69, 9.17) is 20.7 Å². The number of non-ortho nitro benzene ring substituents is 1. The zero-order valence-corrected chi connectivity index (χ0v) is 20.4. The number of hydrogen-bond acceptors (Lipinski definition) is 10. The number of nitrogens with two attached hydrogens (primary N) is 1. The zero-order chi connectivity index (χ0) is 27.3. The average molecular weight is 519 g/mol. The number of allylic oxidation sites excluding steroid dienone is 2. The molecule has 0 fully saturated rings. The molecule has 0 aliphatic carbocycles. The van der Waals surface area contributed by atoms with Crippen LogP contribution in [-0.2, 0) is 19.1 Å². The third-order valence-electron chi connectivity index (χ3n) is 4.55. The molecule has 2 rings (SSSR count). The van der Waals surface area contributed by atoms with Gasteiger partial charge in [0.25, 0.3) is 5.69 Å². The lowest BCUT2D eigenvalue weighted by Crippen LogP contribution is -2.31. The fourth-order valence-corrected chi connectivity index (χ4v) is 3.90. The van der Waals surface area contributed by atoms with E-state index in [1.54, 1.807) is 37.7 Å². The van der Waals surface area contributed by atoms with Crippen molar-refractivity contribution >= 4 is 35.4 Å². The van der Waals surface area contributed by atoms with Crippen LogP contribution >= 0.6 is 11.8 Å². The first kappa shape index (κ1) is 29.9. The van der Waals surface area contributed by atoms with Gasteiger partial charge in [-0.25, -0.2) is 14.4 Å². The van der Waals surface area contributed by atoms with Gasteiger partial charge >= 0.3 is 17.9 Å². The van der Waals surface area contributed by atoms with E-state index in [0.717, 1.165) is 0 Å². The highest BCUT2D eigenvalue weighted by Gasteiger charge is 2.35. The Balaban J connectivity index is 0.000000697. The van der Waals surface area contributed by atoms with Gasteiger partial charge in [0.15, 0.2) is 0 Å². The minimum absolute atomic E-state index is 0.103. The van der Waals surface area contributed by atoms with Gasteiger partial charge in [-0.2, -0.15) is 17.0 Å². The van der Waals surface area contributed by atoms with Crippen molar-refractivity contribution in [2.75, 3.05) is 24.7 Å². The number of ether oxygens (including phenoxy) is 1. The molecule has 1 aromatic rings. The highest BCUT2D eigenvalue weighted by Crippen LogP contribution is 2.39. The summed E-state index contributed by atoms with van der Waals surface area (Å²) in [5.74, 6) is -2.61. The first-order chi connectivity index (χ1) is 17.1. The van der Waals surface area contributed by atoms with Crippen LogP contribution in [-0.4, -0.2) is 57.7 Å². The topological polar surface area (TPSA) is 206 Å². The van der Waals surface area contributed by atoms with Gasteiger partial charge in [0.1, 0.15) is 0 Å². The van der Waals surface area contributed by atoms with Crippen molar-refractivity contribution in [3.63, 3.8) is 0 Å². The second kappa shape index (κ2) is 15.0. The van der Waals surface area contributed by atoms with Crippen molar-refractivity contribution in [2.24, 2.45) is 5.73 Å². The highest BCUT2D eigenvalue weighted by molar-refractivity contribution is 7.99. The number of esters is 1. The average Bonchev–Trinajstić information content (AvgIpc) is 2.83. The van der Waals surface area contributed by atoms with Crippen LogP contribution in [0.25, 0.3) is 0 Å². The minimum Gasteiger partial charge on any atom is -0.478 e. The van der Waals surface area contributed by atoms with Crippen LogP contribution in [0.3, 0.4) is 0 Å². The number of carboxylic acid groups (broad SMARTS) is 2. The van der Waals surface area contributed by atoms with Crippen molar-refractivity contribution in [2.45, 2.75) is 19.8 Å². The van der Waals surface area contributed by atoms with Crippen LogP contribution in [0, 0.1) is 21.4 Å². The number of thioether (sulfide) groups is 1. The van der Waals surface area contributed by atoms with Crippen molar-refractivity contribution in [1.82, 2.24) is 5.32 Å². The lowest BCUT2D eigenvalue weighted by molar-refractivity contribution is -0.384. The standard InChI is InChI=1S/C19H22N4O4S.C4H4O4/c1-3-27-19(24)18-16(11-28-8-7-20)22-12(2)15(10-21)17(18)13-5-4-6-14(9-13)23(25)26;5-3(6)1-2-4(7)8/h4-6,9,17,22H,3,7-8,11,20H2,1-2H3;1-2H,(H,5,6)(H,7,8). The number of nitrogens with one attached hydrogen (secondary N) is 1. The molecule has 0 aromatic heterocycles. The molecule has 1 unspecified atom stereocenters. The molecule has 1 heterocycles. The van der Waals surface area contributed by atoms with Gasteiger partial charge in [0.2, 0.25) is 0 Å². The van der Waals surface area contributed by atoms with E-state index in [-0.39, 0.29) is 12.3 Å². The summed E-state index contributed by atoms with van der Waals surface area (Å²) in [6.45, 7) is 4.13. The number of nitro groups is 1. The van der Waals surface area contributed by atoms with Crippen LogP contribution < -0.4 is 11.1 Å². The molecule has 1 atom stereocenters. The van der Waals surface area contributed by atoms with E-state index >= 15 is 0 Å². The maximum Gasteiger partial charge on any atom is 0.336 e. The monoisotopic (exact) mass is 518 g/mol. The molecule has 0 saturated heterocycles. The summed E-state index contributed by atoms with van der Waals surface area (Å²) in [5.41, 5.74) is 7.81. The van der Waals surface area contributed by atoms with E-state index in [1.165, 1.54) is 12.1 Å². The zero-order valence-electron chi connectivity index (χ0n) is 19.6. The smallest absolute Gasteiger partial charge is 0.336 e. The molecule has 1 aromatic carbocycles. The predicted molar refractivity (Wildman–Crippen MR) is 132 cm³/mol. The minimum atomic E-state index is -1.26. The fraction of sp³-hybridized carbons (Fsp3) is 0.304. The van der Waals surface area contributed by atoms with Crippen molar-refractivity contribution in [3.8, 4) is 6.07 Å². The normalized spacial score (nSPS) is 14.9. The number of hydrogen-bond donors (Lipinski definition) is 4. The number of carbonyl (C=O) groups is 3. The predicted octanol–water partition coefficient (Wildman–Crippen LogP) is 2.30. The second-order valence-corrected chi connectivity index (χ2v) is 8.13. The lowest BCUT2D eigenvalue weighted by atomic mass is 9.81. The first-order valence-corrected chi connectivity index (χ1v) is 11.7. The molecule has 0 radical (unpaired) electrons. The van der Waals surface area contributed by atoms with Crippen molar-refractivity contribution in [3.05, 3.63) is 74.6 Å². The van der Waals surface area contributed by atoms with Crippen molar-refractivity contribution < 1.29 is 34.3 Å². The third-order valence-corrected chi connectivity index (χ3v) is 5.57. The van der Waals surface area contributed by atoms with Gasteiger partial charge in [0, 0.05) is 53.7 Å². The molecule has 36 heavy (non-hydrogen) atoms. The Morgan fingerprint density at radius 3 is 2.44 bits per heavy atom. The summed E-state index contributed by atoms with van der Waals surface area (Å²) in [6, 6.07) is 8.14. The van der Waals surface area contributed by atoms with Gasteiger partial charge in [-0.3, -0.25) is 10.1 Å². The molecule has 0 saturated carbocycles. The van der Waals surface area contributed by atoms with Crippen LogP contribution in [0.2, 0.25) is 0 Å². The molecule has 0 amide bonds. The van der Waals surface area contributed by atoms with E-state index < -0.39 is 28.7 Å². The Kier molecular flexibility index (Phi) is 12.4. The number of carbonyl (C=O) groups excluding carboxylic acids is 1. The molecule has 0 bridgehead atoms. The Labute approximate surface area is 211 Å². The summed E-state index contributed by atoms with van der Waals surface area (Å²) < 4.78 is 5.24. The van der Waals surface area contributed by atoms with Crippen LogP contribution in [0.5, 0.6) is 0 Å². The highest BCUT2D eigenvalue weighted by atomic mass is 32.2. The van der Waals surface area contributed by atoms with Crippen LogP contribution in [0.15, 0.2) is 59.0 Å². The number of nitro benzene ring substituents is 1. The number of benzene rings is 1. The Hall–Kier alpha value is -4.15. The summed E-state index contributed by atoms with van der Waals surface area (Å²) in [6.07, 6.45) is 1.12. The van der Waals surface area contributed by atoms with Gasteiger partial charge in [-0.15, -0.1) is 0 Å². The maximum atomic E-state index is 12.8. The largest absolute Gasteiger partial charge is 0.478 e. The van der Waals surface area contributed by atoms with E-state index in [0.29, 0.717) is 58.3 Å². The molecule has 13 heteroatoms. The molecule has 1 aliphatic heterocycles. The van der Waals surface area contributed by atoms with E-state index in [9.17, 15) is 29.8 Å². The molecule has 12 nitrogen and oxygen atoms in total. The van der Waals surface area contributed by atoms with E-state index in [1.807, 2.05) is 0 Å². The molecule has 5 N–H and O–H groups in total. The Morgan fingerprint density at radius 2 is 1.94 bits per heavy atom. The molecular weight excluding hydrogens is 492 g/mol. The Bertz CT molecular complexity index is 1120.